The summed E-state index contributed by atoms with van der Waals surface area (Å²) in [4.78, 5) is 4.66. The molecule has 0 spiro atoms. The molecule has 1 saturated heterocycles. The molecular weight excluding hydrogens is 367 g/mol. The maximum atomic E-state index is 14.0. The van der Waals surface area contributed by atoms with Crippen LogP contribution in [-0.2, 0) is 22.8 Å². The molecule has 0 unspecified atom stereocenters. The standard InChI is InChI=1S/C20H21FN2O3S/c21-16-6-2-1-5-15(16)19(24)12-23-18-8-4-3-7-17(18)22-20(23)11-14-9-10-27(25,26)13-14/h1-8,14,19,24H,9-13H2/t14-,19+/m1/s1. The Morgan fingerprint density at radius 3 is 2.67 bits per heavy atom. The summed E-state index contributed by atoms with van der Waals surface area (Å²) in [6, 6.07) is 13.7. The predicted octanol–water partition coefficient (Wildman–Crippen LogP) is 2.89. The van der Waals surface area contributed by atoms with E-state index in [1.54, 1.807) is 18.2 Å². The van der Waals surface area contributed by atoms with Crippen molar-refractivity contribution in [1.82, 2.24) is 9.55 Å². The highest BCUT2D eigenvalue weighted by molar-refractivity contribution is 7.91. The molecule has 1 N–H and O–H groups in total. The van der Waals surface area contributed by atoms with E-state index in [4.69, 9.17) is 0 Å². The van der Waals surface area contributed by atoms with Crippen molar-refractivity contribution in [2.45, 2.75) is 25.5 Å². The second kappa shape index (κ2) is 7.05. The van der Waals surface area contributed by atoms with Gasteiger partial charge in [0.2, 0.25) is 0 Å². The van der Waals surface area contributed by atoms with Gasteiger partial charge in [0.05, 0.1) is 35.2 Å². The second-order valence-electron chi connectivity index (χ2n) is 7.14. The van der Waals surface area contributed by atoms with Crippen LogP contribution in [0.15, 0.2) is 48.5 Å². The quantitative estimate of drug-likeness (QED) is 0.730. The van der Waals surface area contributed by atoms with E-state index in [9.17, 15) is 17.9 Å². The summed E-state index contributed by atoms with van der Waals surface area (Å²) in [5.41, 5.74) is 1.88. The van der Waals surface area contributed by atoms with Crippen molar-refractivity contribution in [3.05, 3.63) is 65.7 Å². The molecule has 7 heteroatoms. The average molecular weight is 388 g/mol. The number of aliphatic hydroxyl groups excluding tert-OH is 1. The highest BCUT2D eigenvalue weighted by atomic mass is 32.2. The lowest BCUT2D eigenvalue weighted by molar-refractivity contribution is 0.152. The van der Waals surface area contributed by atoms with Crippen molar-refractivity contribution >= 4 is 20.9 Å². The van der Waals surface area contributed by atoms with E-state index in [0.717, 1.165) is 16.9 Å². The first-order valence-corrected chi connectivity index (χ1v) is 10.8. The van der Waals surface area contributed by atoms with Gasteiger partial charge in [-0.2, -0.15) is 0 Å². The van der Waals surface area contributed by atoms with Gasteiger partial charge in [0.15, 0.2) is 9.84 Å². The molecule has 142 valence electrons. The van der Waals surface area contributed by atoms with Gasteiger partial charge in [-0.15, -0.1) is 0 Å². The Bertz CT molecular complexity index is 1080. The minimum atomic E-state index is -2.97. The lowest BCUT2D eigenvalue weighted by atomic mass is 10.0. The van der Waals surface area contributed by atoms with Crippen LogP contribution in [0.1, 0.15) is 23.9 Å². The third-order valence-corrected chi connectivity index (χ3v) is 6.99. The maximum Gasteiger partial charge on any atom is 0.150 e. The molecule has 5 nitrogen and oxygen atoms in total. The number of hydrogen-bond donors (Lipinski definition) is 1. The molecule has 2 aromatic carbocycles. The molecule has 1 aromatic heterocycles. The summed E-state index contributed by atoms with van der Waals surface area (Å²) in [5.74, 6) is 0.699. The Morgan fingerprint density at radius 2 is 1.93 bits per heavy atom. The second-order valence-corrected chi connectivity index (χ2v) is 9.37. The monoisotopic (exact) mass is 388 g/mol. The number of aromatic nitrogens is 2. The lowest BCUT2D eigenvalue weighted by Crippen LogP contribution is -2.16. The highest BCUT2D eigenvalue weighted by Gasteiger charge is 2.29. The van der Waals surface area contributed by atoms with Crippen molar-refractivity contribution in [3.63, 3.8) is 0 Å². The van der Waals surface area contributed by atoms with Crippen LogP contribution in [0.4, 0.5) is 4.39 Å². The third-order valence-electron chi connectivity index (χ3n) is 5.15. The SMILES string of the molecule is O=S1(=O)CC[C@H](Cc2nc3ccccc3n2C[C@H](O)c2ccccc2F)C1. The zero-order chi connectivity index (χ0) is 19.0. The van der Waals surface area contributed by atoms with E-state index in [0.29, 0.717) is 12.8 Å². The van der Waals surface area contributed by atoms with Crippen molar-refractivity contribution in [2.75, 3.05) is 11.5 Å². The van der Waals surface area contributed by atoms with Crippen molar-refractivity contribution in [1.29, 1.82) is 0 Å². The van der Waals surface area contributed by atoms with Gasteiger partial charge in [0, 0.05) is 12.0 Å². The number of benzene rings is 2. The van der Waals surface area contributed by atoms with Gasteiger partial charge in [0.25, 0.3) is 0 Å². The average Bonchev–Trinajstić information content (AvgIpc) is 3.15. The molecule has 3 aromatic rings. The smallest absolute Gasteiger partial charge is 0.150 e. The van der Waals surface area contributed by atoms with E-state index in [1.165, 1.54) is 6.07 Å². The van der Waals surface area contributed by atoms with Gasteiger partial charge < -0.3 is 9.67 Å². The molecule has 0 amide bonds. The minimum Gasteiger partial charge on any atom is -0.386 e. The summed E-state index contributed by atoms with van der Waals surface area (Å²) in [5, 5.41) is 10.6. The van der Waals surface area contributed by atoms with Gasteiger partial charge in [-0.1, -0.05) is 30.3 Å². The van der Waals surface area contributed by atoms with E-state index in [1.807, 2.05) is 28.8 Å². The van der Waals surface area contributed by atoms with Crippen LogP contribution in [0.5, 0.6) is 0 Å². The van der Waals surface area contributed by atoms with Crippen LogP contribution in [0.2, 0.25) is 0 Å². The van der Waals surface area contributed by atoms with Gasteiger partial charge >= 0.3 is 0 Å². The maximum absolute atomic E-state index is 14.0. The largest absolute Gasteiger partial charge is 0.386 e. The topological polar surface area (TPSA) is 72.2 Å². The Hall–Kier alpha value is -2.25. The number of rotatable bonds is 5. The molecule has 0 radical (unpaired) electrons. The molecule has 0 aliphatic carbocycles. The van der Waals surface area contributed by atoms with E-state index in [2.05, 4.69) is 4.98 Å². The number of imidazole rings is 1. The molecule has 2 heterocycles. The normalized spacial score (nSPS) is 20.1. The fourth-order valence-electron chi connectivity index (χ4n) is 3.79. The first kappa shape index (κ1) is 18.1. The number of fused-ring (bicyclic) bond motifs is 1. The van der Waals surface area contributed by atoms with Crippen molar-refractivity contribution in [2.24, 2.45) is 5.92 Å². The fraction of sp³-hybridized carbons (Fsp3) is 0.350. The molecule has 2 atom stereocenters. The minimum absolute atomic E-state index is 0.0242. The number of halogens is 1. The molecule has 1 aliphatic rings. The molecular formula is C20H21FN2O3S. The Balaban J connectivity index is 1.67. The Kier molecular flexibility index (Phi) is 4.74. The number of aliphatic hydroxyl groups is 1. The number of hydrogen-bond acceptors (Lipinski definition) is 4. The molecule has 27 heavy (non-hydrogen) atoms. The van der Waals surface area contributed by atoms with Crippen LogP contribution in [-0.4, -0.2) is 34.6 Å². The van der Waals surface area contributed by atoms with Crippen LogP contribution in [0, 0.1) is 11.7 Å². The summed E-state index contributed by atoms with van der Waals surface area (Å²) in [7, 11) is -2.97. The van der Waals surface area contributed by atoms with Gasteiger partial charge in [-0.3, -0.25) is 0 Å². The summed E-state index contributed by atoms with van der Waals surface area (Å²) in [6.07, 6.45) is 0.133. The summed E-state index contributed by atoms with van der Waals surface area (Å²) < 4.78 is 39.5. The van der Waals surface area contributed by atoms with Crippen LogP contribution < -0.4 is 0 Å². The molecule has 1 aliphatic heterocycles. The van der Waals surface area contributed by atoms with E-state index in [-0.39, 0.29) is 29.5 Å². The zero-order valence-electron chi connectivity index (χ0n) is 14.8. The number of nitrogens with zero attached hydrogens (tertiary/aromatic N) is 2. The van der Waals surface area contributed by atoms with Crippen LogP contribution in [0.25, 0.3) is 11.0 Å². The summed E-state index contributed by atoms with van der Waals surface area (Å²) >= 11 is 0. The van der Waals surface area contributed by atoms with Crippen molar-refractivity contribution in [3.8, 4) is 0 Å². The van der Waals surface area contributed by atoms with E-state index < -0.39 is 21.8 Å². The Morgan fingerprint density at radius 1 is 1.19 bits per heavy atom. The molecule has 1 fully saturated rings. The van der Waals surface area contributed by atoms with Crippen LogP contribution in [0.3, 0.4) is 0 Å². The fourth-order valence-corrected chi connectivity index (χ4v) is 5.65. The number of sulfone groups is 1. The highest BCUT2D eigenvalue weighted by Crippen LogP contribution is 2.27. The zero-order valence-corrected chi connectivity index (χ0v) is 15.6. The van der Waals surface area contributed by atoms with Gasteiger partial charge in [-0.05, 0) is 30.5 Å². The Labute approximate surface area is 157 Å². The van der Waals surface area contributed by atoms with E-state index >= 15 is 0 Å². The molecule has 0 bridgehead atoms. The predicted molar refractivity (Wildman–Crippen MR) is 102 cm³/mol. The van der Waals surface area contributed by atoms with Crippen LogP contribution >= 0.6 is 0 Å². The first-order chi connectivity index (χ1) is 12.9. The van der Waals surface area contributed by atoms with Crippen molar-refractivity contribution < 1.29 is 17.9 Å². The number of para-hydroxylation sites is 2. The van der Waals surface area contributed by atoms with Gasteiger partial charge in [0.1, 0.15) is 11.6 Å². The lowest BCUT2D eigenvalue weighted by Gasteiger charge is -2.17. The first-order valence-electron chi connectivity index (χ1n) is 9.00. The molecule has 0 saturated carbocycles. The molecule has 4 rings (SSSR count). The van der Waals surface area contributed by atoms with Gasteiger partial charge in [-0.25, -0.2) is 17.8 Å². The summed E-state index contributed by atoms with van der Waals surface area (Å²) in [6.45, 7) is 0.163. The third kappa shape index (κ3) is 3.75.